The largest absolute Gasteiger partial charge is 1.00 e. The molecule has 0 aromatic heterocycles. The van der Waals surface area contributed by atoms with Gasteiger partial charge in [0.05, 0.1) is 27.2 Å². The second-order valence-corrected chi connectivity index (χ2v) is 3.33. The summed E-state index contributed by atoms with van der Waals surface area (Å²) in [5, 5.41) is 0. The Morgan fingerprint density at radius 2 is 1.55 bits per heavy atom. The first-order valence-corrected chi connectivity index (χ1v) is 3.94. The molecule has 0 aliphatic heterocycles. The van der Waals surface area contributed by atoms with Gasteiger partial charge in [0.15, 0.2) is 0 Å². The van der Waals surface area contributed by atoms with Crippen molar-refractivity contribution in [3.8, 4) is 0 Å². The van der Waals surface area contributed by atoms with E-state index in [4.69, 9.17) is 0 Å². The Kier molecular flexibility index (Phi) is 13.5. The van der Waals surface area contributed by atoms with Crippen LogP contribution in [0.1, 0.15) is 26.7 Å². The summed E-state index contributed by atoms with van der Waals surface area (Å²) < 4.78 is 1.17. The Hall–Kier alpha value is 0.400. The number of unbranched alkanes of at least 4 members (excludes halogenated alkanes) is 1. The predicted octanol–water partition coefficient (Wildman–Crippen LogP) is -1.94. The first-order valence-electron chi connectivity index (χ1n) is 3.94. The van der Waals surface area contributed by atoms with Gasteiger partial charge in [0.1, 0.15) is 0 Å². The fraction of sp³-hybridized carbons (Fsp3) is 1.00. The number of hydrogen-bond donors (Lipinski definition) is 0. The molecule has 2 nitrogen and oxygen atoms in total. The van der Waals surface area contributed by atoms with E-state index in [1.165, 1.54) is 30.4 Å². The van der Waals surface area contributed by atoms with Crippen LogP contribution >= 0.6 is 0 Å². The fourth-order valence-corrected chi connectivity index (χ4v) is 0.744. The lowest BCUT2D eigenvalue weighted by Crippen LogP contribution is -3.00. The van der Waals surface area contributed by atoms with Crippen molar-refractivity contribution in [1.29, 1.82) is 0 Å². The smallest absolute Gasteiger partial charge is 0.0782 e. The second-order valence-electron chi connectivity index (χ2n) is 3.33. The van der Waals surface area contributed by atoms with Gasteiger partial charge >= 0.3 is 0 Å². The van der Waals surface area contributed by atoms with E-state index in [0.717, 1.165) is 0 Å². The van der Waals surface area contributed by atoms with Crippen LogP contribution in [0.3, 0.4) is 0 Å². The Balaban J connectivity index is -0.000000320. The highest BCUT2D eigenvalue weighted by molar-refractivity contribution is 4.31. The zero-order valence-corrected chi connectivity index (χ0v) is 9.74. The number of quaternary nitrogens is 1. The molecule has 0 spiro atoms. The van der Waals surface area contributed by atoms with Crippen LogP contribution in [0.5, 0.6) is 0 Å². The van der Waals surface area contributed by atoms with Gasteiger partial charge in [0.25, 0.3) is 0 Å². The standard InChI is InChI=1S/C8H20N.BrH.H2O/c1-5-7-8-9(3,4)6-2;;/h5-8H2,1-4H3;1H;1H2/q+1;;/p-1. The lowest BCUT2D eigenvalue weighted by atomic mass is 10.3. The number of rotatable bonds is 4. The Bertz CT molecular complexity index is 76.5. The van der Waals surface area contributed by atoms with Crippen LogP contribution in [0, 0.1) is 0 Å². The molecule has 11 heavy (non-hydrogen) atoms. The molecule has 0 saturated carbocycles. The highest BCUT2D eigenvalue weighted by Crippen LogP contribution is 1.99. The highest BCUT2D eigenvalue weighted by Gasteiger charge is 2.08. The molecule has 0 aromatic carbocycles. The lowest BCUT2D eigenvalue weighted by Gasteiger charge is -2.27. The van der Waals surface area contributed by atoms with Gasteiger partial charge in [-0.1, -0.05) is 13.3 Å². The van der Waals surface area contributed by atoms with Gasteiger partial charge < -0.3 is 26.9 Å². The minimum atomic E-state index is 0. The van der Waals surface area contributed by atoms with Crippen LogP contribution in [0.15, 0.2) is 0 Å². The molecular weight excluding hydrogens is 206 g/mol. The third kappa shape index (κ3) is 10.4. The summed E-state index contributed by atoms with van der Waals surface area (Å²) in [6.45, 7) is 7.07. The van der Waals surface area contributed by atoms with Crippen molar-refractivity contribution in [3.63, 3.8) is 0 Å². The van der Waals surface area contributed by atoms with Crippen molar-refractivity contribution < 1.29 is 26.9 Å². The van der Waals surface area contributed by atoms with Crippen LogP contribution in [-0.2, 0) is 0 Å². The molecule has 0 rings (SSSR count). The molecule has 0 unspecified atom stereocenters. The normalized spacial score (nSPS) is 9.82. The quantitative estimate of drug-likeness (QED) is 0.502. The minimum Gasteiger partial charge on any atom is -1.00 e. The van der Waals surface area contributed by atoms with Crippen LogP contribution < -0.4 is 17.0 Å². The first kappa shape index (κ1) is 17.5. The molecule has 0 heterocycles. The van der Waals surface area contributed by atoms with Gasteiger partial charge in [-0.2, -0.15) is 0 Å². The minimum absolute atomic E-state index is 0. The maximum Gasteiger partial charge on any atom is 0.0782 e. The maximum atomic E-state index is 2.29. The second kappa shape index (κ2) is 8.50. The summed E-state index contributed by atoms with van der Waals surface area (Å²) in [6, 6.07) is 0. The summed E-state index contributed by atoms with van der Waals surface area (Å²) >= 11 is 0. The zero-order chi connectivity index (χ0) is 7.33. The Morgan fingerprint density at radius 1 is 1.09 bits per heavy atom. The topological polar surface area (TPSA) is 31.5 Å². The molecule has 0 aliphatic rings. The summed E-state index contributed by atoms with van der Waals surface area (Å²) in [6.07, 6.45) is 2.68. The predicted molar refractivity (Wildman–Crippen MR) is 46.0 cm³/mol. The third-order valence-corrected chi connectivity index (χ3v) is 1.97. The van der Waals surface area contributed by atoms with Crippen LogP contribution in [-0.4, -0.2) is 37.1 Å². The van der Waals surface area contributed by atoms with E-state index in [1.54, 1.807) is 0 Å². The van der Waals surface area contributed by atoms with E-state index in [1.807, 2.05) is 0 Å². The molecular formula is C8H22BrNO. The Morgan fingerprint density at radius 3 is 1.82 bits per heavy atom. The van der Waals surface area contributed by atoms with Crippen LogP contribution in [0.2, 0.25) is 0 Å². The molecule has 3 heteroatoms. The van der Waals surface area contributed by atoms with Crippen LogP contribution in [0.25, 0.3) is 0 Å². The molecule has 0 radical (unpaired) electrons. The number of hydrogen-bond acceptors (Lipinski definition) is 0. The summed E-state index contributed by atoms with van der Waals surface area (Å²) in [7, 11) is 4.57. The Labute approximate surface area is 81.3 Å². The van der Waals surface area contributed by atoms with Gasteiger partial charge in [0, 0.05) is 0 Å². The van der Waals surface area contributed by atoms with Crippen molar-refractivity contribution in [2.45, 2.75) is 26.7 Å². The highest BCUT2D eigenvalue weighted by atomic mass is 79.9. The molecule has 72 valence electrons. The van der Waals surface area contributed by atoms with E-state index in [9.17, 15) is 0 Å². The summed E-state index contributed by atoms with van der Waals surface area (Å²) in [4.78, 5) is 0. The van der Waals surface area contributed by atoms with Gasteiger partial charge in [-0.15, -0.1) is 0 Å². The molecule has 0 fully saturated rings. The van der Waals surface area contributed by atoms with Crippen LogP contribution in [0.4, 0.5) is 0 Å². The first-order chi connectivity index (χ1) is 4.12. The van der Waals surface area contributed by atoms with Gasteiger partial charge in [0.2, 0.25) is 0 Å². The van der Waals surface area contributed by atoms with Crippen molar-refractivity contribution in [2.24, 2.45) is 0 Å². The SMILES string of the molecule is CCCC[N+](C)(C)CC.O.[Br-]. The number of nitrogens with zero attached hydrogens (tertiary/aromatic N) is 1. The maximum absolute atomic E-state index is 2.29. The van der Waals surface area contributed by atoms with E-state index >= 15 is 0 Å². The van der Waals surface area contributed by atoms with Crippen molar-refractivity contribution in [2.75, 3.05) is 27.2 Å². The average Bonchev–Trinajstić information content (AvgIpc) is 1.84. The van der Waals surface area contributed by atoms with Crippen molar-refractivity contribution in [3.05, 3.63) is 0 Å². The molecule has 0 aromatic rings. The fourth-order valence-electron chi connectivity index (χ4n) is 0.744. The summed E-state index contributed by atoms with van der Waals surface area (Å²) in [5.74, 6) is 0. The van der Waals surface area contributed by atoms with E-state index in [2.05, 4.69) is 27.9 Å². The summed E-state index contributed by atoms with van der Waals surface area (Å²) in [5.41, 5.74) is 0. The average molecular weight is 228 g/mol. The zero-order valence-electron chi connectivity index (χ0n) is 8.15. The lowest BCUT2D eigenvalue weighted by molar-refractivity contribution is -0.888. The monoisotopic (exact) mass is 227 g/mol. The molecule has 0 aliphatic carbocycles. The molecule has 0 bridgehead atoms. The van der Waals surface area contributed by atoms with E-state index in [-0.39, 0.29) is 22.5 Å². The van der Waals surface area contributed by atoms with Crippen molar-refractivity contribution in [1.82, 2.24) is 0 Å². The van der Waals surface area contributed by atoms with Gasteiger partial charge in [-0.05, 0) is 13.3 Å². The molecule has 2 N–H and O–H groups in total. The van der Waals surface area contributed by atoms with Crippen molar-refractivity contribution >= 4 is 0 Å². The molecule has 0 saturated heterocycles. The molecule has 0 atom stereocenters. The van der Waals surface area contributed by atoms with Gasteiger partial charge in [-0.3, -0.25) is 0 Å². The van der Waals surface area contributed by atoms with E-state index in [0.29, 0.717) is 0 Å². The number of halogens is 1. The molecule has 0 amide bonds. The van der Waals surface area contributed by atoms with Gasteiger partial charge in [-0.25, -0.2) is 0 Å². The van der Waals surface area contributed by atoms with E-state index < -0.39 is 0 Å². The third-order valence-electron chi connectivity index (χ3n) is 1.97.